The third kappa shape index (κ3) is 13.4. The maximum Gasteiger partial charge on any atom is 0.173 e. The van der Waals surface area contributed by atoms with Crippen molar-refractivity contribution in [1.29, 1.82) is 5.26 Å². The first-order chi connectivity index (χ1) is 1.41. The standard InChI is InChI=1S/CH2N2.Ba/c2-1-3;/h2H2;. The predicted molar refractivity (Wildman–Crippen MR) is 15.6 cm³/mol. The van der Waals surface area contributed by atoms with Crippen molar-refractivity contribution in [2.75, 3.05) is 0 Å². The number of hydrogen-bond acceptors (Lipinski definition) is 2. The third-order valence-electron chi connectivity index (χ3n) is 0. The summed E-state index contributed by atoms with van der Waals surface area (Å²) in [5.41, 5.74) is 4.15. The summed E-state index contributed by atoms with van der Waals surface area (Å²) in [6.07, 6.45) is 1.25. The topological polar surface area (TPSA) is 49.8 Å². The minimum Gasteiger partial charge on any atom is -0.337 e. The van der Waals surface area contributed by atoms with Crippen molar-refractivity contribution in [2.24, 2.45) is 5.73 Å². The van der Waals surface area contributed by atoms with E-state index in [1.165, 1.54) is 6.19 Å². The van der Waals surface area contributed by atoms with Gasteiger partial charge in [-0.1, -0.05) is 0 Å². The molecule has 2 nitrogen and oxygen atoms in total. The summed E-state index contributed by atoms with van der Waals surface area (Å²) < 4.78 is 0. The van der Waals surface area contributed by atoms with E-state index < -0.39 is 0 Å². The first-order valence-electron chi connectivity index (χ1n) is 0.512. The molecule has 0 heterocycles. The van der Waals surface area contributed by atoms with Gasteiger partial charge in [-0.25, -0.2) is 0 Å². The molecule has 0 rings (SSSR count). The summed E-state index contributed by atoms with van der Waals surface area (Å²) >= 11 is 0. The Labute approximate surface area is 65.0 Å². The van der Waals surface area contributed by atoms with Gasteiger partial charge in [0, 0.05) is 48.9 Å². The minimum atomic E-state index is 0. The molecule has 0 unspecified atom stereocenters. The van der Waals surface area contributed by atoms with Crippen molar-refractivity contribution < 1.29 is 0 Å². The van der Waals surface area contributed by atoms with E-state index in [0.717, 1.165) is 0 Å². The van der Waals surface area contributed by atoms with E-state index >= 15 is 0 Å². The van der Waals surface area contributed by atoms with Gasteiger partial charge in [0.2, 0.25) is 0 Å². The first-order valence-corrected chi connectivity index (χ1v) is 0.512. The van der Waals surface area contributed by atoms with Crippen LogP contribution < -0.4 is 5.73 Å². The van der Waals surface area contributed by atoms with Crippen LogP contribution in [0.2, 0.25) is 0 Å². The Balaban J connectivity index is 0. The van der Waals surface area contributed by atoms with Crippen molar-refractivity contribution in [3.63, 3.8) is 0 Å². The Morgan fingerprint density at radius 3 is 1.75 bits per heavy atom. The molecule has 0 bridgehead atoms. The van der Waals surface area contributed by atoms with E-state index in [9.17, 15) is 0 Å². The predicted octanol–water partition coefficient (Wildman–Crippen LogP) is -0.955. The fraction of sp³-hybridized carbons (Fsp3) is 0. The van der Waals surface area contributed by atoms with Gasteiger partial charge in [0.1, 0.15) is 0 Å². The maximum absolute atomic E-state index is 7.10. The molecule has 0 aromatic heterocycles. The van der Waals surface area contributed by atoms with E-state index in [1.807, 2.05) is 0 Å². The van der Waals surface area contributed by atoms with Crippen molar-refractivity contribution in [1.82, 2.24) is 0 Å². The van der Waals surface area contributed by atoms with Crippen molar-refractivity contribution in [3.8, 4) is 6.19 Å². The zero-order chi connectivity index (χ0) is 2.71. The third-order valence-corrected chi connectivity index (χ3v) is 0. The molecule has 18 valence electrons. The summed E-state index contributed by atoms with van der Waals surface area (Å²) in [6, 6.07) is 0. The molecule has 0 amide bonds. The summed E-state index contributed by atoms with van der Waals surface area (Å²) in [6.45, 7) is 0. The summed E-state index contributed by atoms with van der Waals surface area (Å²) in [4.78, 5) is 0. The van der Waals surface area contributed by atoms with Crippen LogP contribution in [0.15, 0.2) is 0 Å². The molecule has 0 saturated carbocycles. The van der Waals surface area contributed by atoms with Gasteiger partial charge in [0.25, 0.3) is 0 Å². The zero-order valence-electron chi connectivity index (χ0n) is 2.23. The quantitative estimate of drug-likeness (QED) is 0.296. The molecule has 0 spiro atoms. The van der Waals surface area contributed by atoms with Crippen molar-refractivity contribution in [3.05, 3.63) is 0 Å². The molecule has 3 heteroatoms. The second-order valence-corrected chi connectivity index (χ2v) is 0.129. The van der Waals surface area contributed by atoms with Gasteiger partial charge in [0.15, 0.2) is 6.19 Å². The molecule has 0 atom stereocenters. The Bertz CT molecular complexity index is 27.5. The van der Waals surface area contributed by atoms with Crippen LogP contribution in [0.1, 0.15) is 0 Å². The normalized spacial score (nSPS) is 1.75. The second kappa shape index (κ2) is 9.12. The fourth-order valence-electron chi connectivity index (χ4n) is 0. The molecule has 4 heavy (non-hydrogen) atoms. The number of rotatable bonds is 0. The Kier molecular flexibility index (Phi) is 20.2. The van der Waals surface area contributed by atoms with E-state index in [-0.39, 0.29) is 48.9 Å². The van der Waals surface area contributed by atoms with Gasteiger partial charge in [0.05, 0.1) is 0 Å². The molecule has 0 aromatic carbocycles. The van der Waals surface area contributed by atoms with Gasteiger partial charge < -0.3 is 5.73 Å². The Hall–Kier alpha value is 0.861. The van der Waals surface area contributed by atoms with Crippen LogP contribution in [0.3, 0.4) is 0 Å². The summed E-state index contributed by atoms with van der Waals surface area (Å²) in [5, 5.41) is 7.10. The summed E-state index contributed by atoms with van der Waals surface area (Å²) in [5.74, 6) is 0. The van der Waals surface area contributed by atoms with Crippen LogP contribution in [-0.2, 0) is 0 Å². The Morgan fingerprint density at radius 2 is 1.75 bits per heavy atom. The number of hydrogen-bond donors (Lipinski definition) is 1. The monoisotopic (exact) mass is 180 g/mol. The Morgan fingerprint density at radius 1 is 1.75 bits per heavy atom. The van der Waals surface area contributed by atoms with E-state index in [4.69, 9.17) is 5.26 Å². The molecule has 2 N–H and O–H groups in total. The molecule has 0 aliphatic rings. The van der Waals surface area contributed by atoms with Gasteiger partial charge in [-0.2, -0.15) is 5.26 Å². The maximum atomic E-state index is 7.10. The van der Waals surface area contributed by atoms with Crippen LogP contribution >= 0.6 is 0 Å². The SMILES string of the molecule is N#CN.[Ba]. The van der Waals surface area contributed by atoms with Crippen LogP contribution in [0, 0.1) is 11.5 Å². The largest absolute Gasteiger partial charge is 0.337 e. The molecule has 0 saturated heterocycles. The van der Waals surface area contributed by atoms with Crippen molar-refractivity contribution >= 4 is 48.9 Å². The van der Waals surface area contributed by atoms with Crippen molar-refractivity contribution in [2.45, 2.75) is 0 Å². The first kappa shape index (κ1) is 8.85. The van der Waals surface area contributed by atoms with Gasteiger partial charge in [-0.15, -0.1) is 0 Å². The molecule has 0 aliphatic carbocycles. The molecule has 0 aromatic rings. The molecular weight excluding hydrogens is 177 g/mol. The van der Waals surface area contributed by atoms with Crippen LogP contribution in [-0.4, -0.2) is 48.9 Å². The van der Waals surface area contributed by atoms with Gasteiger partial charge >= 0.3 is 0 Å². The molecule has 2 radical (unpaired) electrons. The van der Waals surface area contributed by atoms with Gasteiger partial charge in [-0.05, 0) is 0 Å². The average Bonchev–Trinajstić information content (AvgIpc) is 0.918. The smallest absolute Gasteiger partial charge is 0.173 e. The summed E-state index contributed by atoms with van der Waals surface area (Å²) in [7, 11) is 0. The average molecular weight is 179 g/mol. The molecule has 0 fully saturated rings. The van der Waals surface area contributed by atoms with Crippen LogP contribution in [0.25, 0.3) is 0 Å². The number of nitrogens with zero attached hydrogens (tertiary/aromatic N) is 1. The number of nitriles is 1. The minimum absolute atomic E-state index is 0. The second-order valence-electron chi connectivity index (χ2n) is 0.129. The zero-order valence-corrected chi connectivity index (χ0v) is 6.67. The van der Waals surface area contributed by atoms with Gasteiger partial charge in [-0.3, -0.25) is 0 Å². The molecular formula is CH2BaN2. The molecule has 0 aliphatic heterocycles. The van der Waals surface area contributed by atoms with E-state index in [2.05, 4.69) is 5.73 Å². The van der Waals surface area contributed by atoms with Crippen LogP contribution in [0.4, 0.5) is 0 Å². The fourth-order valence-corrected chi connectivity index (χ4v) is 0. The van der Waals surface area contributed by atoms with E-state index in [1.54, 1.807) is 0 Å². The number of nitrogens with two attached hydrogens (primary N) is 1. The van der Waals surface area contributed by atoms with E-state index in [0.29, 0.717) is 0 Å². The van der Waals surface area contributed by atoms with Crippen LogP contribution in [0.5, 0.6) is 0 Å².